The van der Waals surface area contributed by atoms with Crippen LogP contribution in [0.15, 0.2) is 18.2 Å². The van der Waals surface area contributed by atoms with E-state index in [9.17, 15) is 4.79 Å². The van der Waals surface area contributed by atoms with E-state index in [1.807, 2.05) is 12.1 Å². The Morgan fingerprint density at radius 1 is 1.56 bits per heavy atom. The molecule has 0 radical (unpaired) electrons. The Hall–Kier alpha value is -1.51. The lowest BCUT2D eigenvalue weighted by Gasteiger charge is -2.24. The molecule has 0 saturated heterocycles. The van der Waals surface area contributed by atoms with Crippen LogP contribution in [-0.4, -0.2) is 26.0 Å². The van der Waals surface area contributed by atoms with Crippen molar-refractivity contribution in [3.63, 3.8) is 0 Å². The molecule has 3 nitrogen and oxygen atoms in total. The first-order valence-electron chi connectivity index (χ1n) is 5.68. The number of carbonyl (C=O) groups excluding carboxylic acids is 1. The predicted molar refractivity (Wildman–Crippen MR) is 64.2 cm³/mol. The number of nitrogens with zero attached hydrogens (tertiary/aromatic N) is 1. The number of methoxy groups -OCH3 is 1. The number of hydrogen-bond acceptors (Lipinski definition) is 3. The minimum Gasteiger partial charge on any atom is -0.496 e. The fraction of sp³-hybridized carbons (Fsp3) is 0.462. The maximum Gasteiger partial charge on any atom is 0.124 e. The number of ether oxygens (including phenoxy) is 1. The number of benzene rings is 1. The fourth-order valence-electron chi connectivity index (χ4n) is 2.51. The molecule has 0 spiro atoms. The summed E-state index contributed by atoms with van der Waals surface area (Å²) in [6, 6.07) is 6.39. The van der Waals surface area contributed by atoms with E-state index in [0.29, 0.717) is 12.5 Å². The van der Waals surface area contributed by atoms with Crippen molar-refractivity contribution in [3.05, 3.63) is 23.8 Å². The zero-order valence-electron chi connectivity index (χ0n) is 9.77. The van der Waals surface area contributed by atoms with Crippen LogP contribution in [0.2, 0.25) is 0 Å². The third-order valence-electron chi connectivity index (χ3n) is 3.23. The van der Waals surface area contributed by atoms with Crippen molar-refractivity contribution in [2.45, 2.75) is 25.8 Å². The fourth-order valence-corrected chi connectivity index (χ4v) is 2.51. The summed E-state index contributed by atoms with van der Waals surface area (Å²) in [4.78, 5) is 13.0. The molecule has 1 aromatic carbocycles. The normalized spacial score (nSPS) is 18.4. The molecule has 16 heavy (non-hydrogen) atoms. The van der Waals surface area contributed by atoms with Gasteiger partial charge in [0.2, 0.25) is 0 Å². The van der Waals surface area contributed by atoms with E-state index in [4.69, 9.17) is 4.74 Å². The smallest absolute Gasteiger partial charge is 0.124 e. The molecule has 0 fully saturated rings. The predicted octanol–water partition coefficient (Wildman–Crippen LogP) is 2.04. The molecule has 1 aliphatic heterocycles. The molecule has 0 N–H and O–H groups in total. The van der Waals surface area contributed by atoms with Gasteiger partial charge in [0.25, 0.3) is 0 Å². The van der Waals surface area contributed by atoms with Crippen LogP contribution in [0.3, 0.4) is 0 Å². The lowest BCUT2D eigenvalue weighted by Crippen LogP contribution is -2.31. The van der Waals surface area contributed by atoms with E-state index < -0.39 is 0 Å². The largest absolute Gasteiger partial charge is 0.496 e. The SMILES string of the molecule is CCN1c2cccc(OC)c2CC1CC=O. The number of aldehydes is 1. The molecule has 3 heteroatoms. The Kier molecular flexibility index (Phi) is 3.13. The van der Waals surface area contributed by atoms with Crippen LogP contribution in [0.5, 0.6) is 5.75 Å². The highest BCUT2D eigenvalue weighted by Crippen LogP contribution is 2.38. The van der Waals surface area contributed by atoms with E-state index in [1.54, 1.807) is 7.11 Å². The first-order chi connectivity index (χ1) is 7.81. The van der Waals surface area contributed by atoms with Crippen molar-refractivity contribution in [1.82, 2.24) is 0 Å². The molecule has 0 aromatic heterocycles. The van der Waals surface area contributed by atoms with Gasteiger partial charge in [0.15, 0.2) is 0 Å². The number of carbonyl (C=O) groups is 1. The molecule has 1 heterocycles. The van der Waals surface area contributed by atoms with Crippen molar-refractivity contribution in [2.24, 2.45) is 0 Å². The Labute approximate surface area is 96.0 Å². The molecule has 0 amide bonds. The summed E-state index contributed by atoms with van der Waals surface area (Å²) in [7, 11) is 1.69. The van der Waals surface area contributed by atoms with Crippen LogP contribution in [0, 0.1) is 0 Å². The Bertz CT molecular complexity index is 390. The van der Waals surface area contributed by atoms with Crippen molar-refractivity contribution >= 4 is 12.0 Å². The van der Waals surface area contributed by atoms with Crippen LogP contribution in [0.4, 0.5) is 5.69 Å². The third-order valence-corrected chi connectivity index (χ3v) is 3.23. The average Bonchev–Trinajstić information content (AvgIpc) is 2.66. The number of rotatable bonds is 4. The molecule has 0 bridgehead atoms. The zero-order chi connectivity index (χ0) is 11.5. The van der Waals surface area contributed by atoms with Crippen LogP contribution in [-0.2, 0) is 11.2 Å². The van der Waals surface area contributed by atoms with Gasteiger partial charge in [-0.2, -0.15) is 0 Å². The molecule has 2 rings (SSSR count). The van der Waals surface area contributed by atoms with Crippen LogP contribution >= 0.6 is 0 Å². The molecule has 1 aromatic rings. The second kappa shape index (κ2) is 4.56. The van der Waals surface area contributed by atoms with Gasteiger partial charge in [-0.1, -0.05) is 6.07 Å². The van der Waals surface area contributed by atoms with Crippen molar-refractivity contribution < 1.29 is 9.53 Å². The second-order valence-electron chi connectivity index (χ2n) is 4.00. The summed E-state index contributed by atoms with van der Waals surface area (Å²) in [5, 5.41) is 0. The zero-order valence-corrected chi connectivity index (χ0v) is 9.77. The molecular weight excluding hydrogens is 202 g/mol. The summed E-state index contributed by atoms with van der Waals surface area (Å²) in [5.41, 5.74) is 2.45. The van der Waals surface area contributed by atoms with Gasteiger partial charge in [-0.3, -0.25) is 0 Å². The molecular formula is C13H17NO2. The summed E-state index contributed by atoms with van der Waals surface area (Å²) in [6.45, 7) is 3.05. The Morgan fingerprint density at radius 2 is 2.38 bits per heavy atom. The van der Waals surface area contributed by atoms with Gasteiger partial charge >= 0.3 is 0 Å². The highest BCUT2D eigenvalue weighted by atomic mass is 16.5. The summed E-state index contributed by atoms with van der Waals surface area (Å²) in [5.74, 6) is 0.935. The van der Waals surface area contributed by atoms with Gasteiger partial charge in [0, 0.05) is 30.3 Å². The number of anilines is 1. The highest BCUT2D eigenvalue weighted by Gasteiger charge is 2.29. The highest BCUT2D eigenvalue weighted by molar-refractivity contribution is 5.66. The van der Waals surface area contributed by atoms with Crippen molar-refractivity contribution in [3.8, 4) is 5.75 Å². The summed E-state index contributed by atoms with van der Waals surface area (Å²) < 4.78 is 5.36. The first kappa shape index (κ1) is 11.0. The molecule has 0 aliphatic carbocycles. The number of fused-ring (bicyclic) bond motifs is 1. The third kappa shape index (κ3) is 1.66. The summed E-state index contributed by atoms with van der Waals surface area (Å²) in [6.07, 6.45) is 2.50. The van der Waals surface area contributed by atoms with Gasteiger partial charge in [0.05, 0.1) is 7.11 Å². The first-order valence-corrected chi connectivity index (χ1v) is 5.68. The lowest BCUT2D eigenvalue weighted by atomic mass is 10.1. The topological polar surface area (TPSA) is 29.5 Å². The molecule has 1 atom stereocenters. The van der Waals surface area contributed by atoms with Gasteiger partial charge < -0.3 is 14.4 Å². The Morgan fingerprint density at radius 3 is 3.00 bits per heavy atom. The summed E-state index contributed by atoms with van der Waals surface area (Å²) >= 11 is 0. The van der Waals surface area contributed by atoms with Gasteiger partial charge in [-0.15, -0.1) is 0 Å². The Balaban J connectivity index is 2.37. The molecule has 1 aliphatic rings. The van der Waals surface area contributed by atoms with Gasteiger partial charge in [-0.25, -0.2) is 0 Å². The van der Waals surface area contributed by atoms with Crippen LogP contribution in [0.25, 0.3) is 0 Å². The standard InChI is InChI=1S/C13H17NO2/c1-3-14-10(7-8-15)9-11-12(14)5-4-6-13(11)16-2/h4-6,8,10H,3,7,9H2,1-2H3. The number of likely N-dealkylation sites (N-methyl/N-ethyl adjacent to an activating group) is 1. The van der Waals surface area contributed by atoms with E-state index in [2.05, 4.69) is 17.9 Å². The van der Waals surface area contributed by atoms with Crippen LogP contribution in [0.1, 0.15) is 18.9 Å². The minimum absolute atomic E-state index is 0.300. The molecule has 1 unspecified atom stereocenters. The maximum absolute atomic E-state index is 10.7. The quantitative estimate of drug-likeness (QED) is 0.726. The van der Waals surface area contributed by atoms with E-state index in [0.717, 1.165) is 25.0 Å². The lowest BCUT2D eigenvalue weighted by molar-refractivity contribution is -0.108. The van der Waals surface area contributed by atoms with E-state index in [-0.39, 0.29) is 0 Å². The van der Waals surface area contributed by atoms with Gasteiger partial charge in [-0.05, 0) is 25.5 Å². The maximum atomic E-state index is 10.7. The van der Waals surface area contributed by atoms with Crippen molar-refractivity contribution in [1.29, 1.82) is 0 Å². The van der Waals surface area contributed by atoms with Crippen LogP contribution < -0.4 is 9.64 Å². The van der Waals surface area contributed by atoms with E-state index >= 15 is 0 Å². The monoisotopic (exact) mass is 219 g/mol. The second-order valence-corrected chi connectivity index (χ2v) is 4.00. The van der Waals surface area contributed by atoms with Crippen molar-refractivity contribution in [2.75, 3.05) is 18.6 Å². The average molecular weight is 219 g/mol. The molecule has 0 saturated carbocycles. The minimum atomic E-state index is 0.300. The molecule has 86 valence electrons. The van der Waals surface area contributed by atoms with E-state index in [1.165, 1.54) is 11.3 Å². The van der Waals surface area contributed by atoms with Gasteiger partial charge in [0.1, 0.15) is 12.0 Å². The number of hydrogen-bond donors (Lipinski definition) is 0.